The van der Waals surface area contributed by atoms with E-state index in [1.165, 1.54) is 31.2 Å². The van der Waals surface area contributed by atoms with E-state index in [1.807, 2.05) is 12.1 Å². The maximum atomic E-state index is 8.79. The Kier molecular flexibility index (Phi) is 2.82. The Morgan fingerprint density at radius 1 is 1.41 bits per heavy atom. The second kappa shape index (κ2) is 4.46. The first kappa shape index (κ1) is 10.7. The Morgan fingerprint density at radius 3 is 3.06 bits per heavy atom. The molecule has 0 aromatic carbocycles. The lowest BCUT2D eigenvalue weighted by atomic mass is 9.95. The third kappa shape index (κ3) is 2.18. The molecule has 1 aromatic heterocycles. The summed E-state index contributed by atoms with van der Waals surface area (Å²) < 4.78 is 0. The van der Waals surface area contributed by atoms with Crippen molar-refractivity contribution in [3.8, 4) is 6.07 Å². The molecular weight excluding hydrogens is 210 g/mol. The molecule has 3 heteroatoms. The molecule has 0 saturated heterocycles. The topological polar surface area (TPSA) is 48.7 Å². The predicted octanol–water partition coefficient (Wildman–Crippen LogP) is 2.23. The van der Waals surface area contributed by atoms with E-state index in [0.717, 1.165) is 18.4 Å². The van der Waals surface area contributed by atoms with Crippen molar-refractivity contribution in [3.05, 3.63) is 29.6 Å². The molecule has 1 N–H and O–H groups in total. The first-order chi connectivity index (χ1) is 8.35. The molecule has 0 aliphatic heterocycles. The molecule has 1 heterocycles. The highest BCUT2D eigenvalue weighted by Crippen LogP contribution is 2.44. The van der Waals surface area contributed by atoms with Crippen LogP contribution in [0.15, 0.2) is 18.3 Å². The maximum Gasteiger partial charge on any atom is 0.140 e. The van der Waals surface area contributed by atoms with Gasteiger partial charge in [0.25, 0.3) is 0 Å². The van der Waals surface area contributed by atoms with Gasteiger partial charge in [-0.3, -0.25) is 0 Å². The quantitative estimate of drug-likeness (QED) is 0.861. The van der Waals surface area contributed by atoms with Gasteiger partial charge in [0.2, 0.25) is 0 Å². The van der Waals surface area contributed by atoms with Crippen molar-refractivity contribution in [2.45, 2.75) is 38.3 Å². The molecule has 3 nitrogen and oxygen atoms in total. The van der Waals surface area contributed by atoms with Gasteiger partial charge in [-0.25, -0.2) is 4.98 Å². The van der Waals surface area contributed by atoms with Crippen LogP contribution >= 0.6 is 0 Å². The van der Waals surface area contributed by atoms with Gasteiger partial charge in [0, 0.05) is 18.8 Å². The molecule has 17 heavy (non-hydrogen) atoms. The second-order valence-corrected chi connectivity index (χ2v) is 5.32. The SMILES string of the molecule is N#Cc1cc(CNC2CC3CCC2C3)ccn1. The Labute approximate surface area is 102 Å². The molecule has 2 aliphatic rings. The summed E-state index contributed by atoms with van der Waals surface area (Å²) in [7, 11) is 0. The average molecular weight is 227 g/mol. The fourth-order valence-corrected chi connectivity index (χ4v) is 3.39. The van der Waals surface area contributed by atoms with Crippen molar-refractivity contribution in [2.24, 2.45) is 11.8 Å². The second-order valence-electron chi connectivity index (χ2n) is 5.32. The Balaban J connectivity index is 1.59. The molecule has 3 rings (SSSR count). The summed E-state index contributed by atoms with van der Waals surface area (Å²) in [6, 6.07) is 6.65. The zero-order valence-corrected chi connectivity index (χ0v) is 9.89. The summed E-state index contributed by atoms with van der Waals surface area (Å²) in [5.41, 5.74) is 1.68. The van der Waals surface area contributed by atoms with Crippen LogP contribution in [0.3, 0.4) is 0 Å². The standard InChI is InChI=1S/C14H17N3/c15-8-13-6-11(3-4-16-13)9-17-14-7-10-1-2-12(14)5-10/h3-4,6,10,12,14,17H,1-2,5,7,9H2. The van der Waals surface area contributed by atoms with Crippen LogP contribution in [-0.2, 0) is 6.54 Å². The lowest BCUT2D eigenvalue weighted by molar-refractivity contribution is 0.350. The fourth-order valence-electron chi connectivity index (χ4n) is 3.39. The van der Waals surface area contributed by atoms with Crippen LogP contribution in [-0.4, -0.2) is 11.0 Å². The maximum absolute atomic E-state index is 8.79. The molecule has 2 fully saturated rings. The Morgan fingerprint density at radius 2 is 2.35 bits per heavy atom. The van der Waals surface area contributed by atoms with Crippen LogP contribution in [0.2, 0.25) is 0 Å². The highest BCUT2D eigenvalue weighted by atomic mass is 14.9. The highest BCUT2D eigenvalue weighted by Gasteiger charge is 2.38. The van der Waals surface area contributed by atoms with E-state index in [1.54, 1.807) is 6.20 Å². The number of fused-ring (bicyclic) bond motifs is 2. The summed E-state index contributed by atoms with van der Waals surface area (Å²) in [6.45, 7) is 0.866. The highest BCUT2D eigenvalue weighted by molar-refractivity contribution is 5.25. The Hall–Kier alpha value is -1.40. The molecular formula is C14H17N3. The van der Waals surface area contributed by atoms with E-state index in [9.17, 15) is 0 Å². The summed E-state index contributed by atoms with van der Waals surface area (Å²) >= 11 is 0. The average Bonchev–Trinajstić information content (AvgIpc) is 2.99. The normalized spacial score (nSPS) is 30.4. The molecule has 2 aliphatic carbocycles. The van der Waals surface area contributed by atoms with Gasteiger partial charge in [0.15, 0.2) is 0 Å². The minimum Gasteiger partial charge on any atom is -0.310 e. The number of nitrogens with zero attached hydrogens (tertiary/aromatic N) is 2. The Bertz CT molecular complexity index is 449. The zero-order valence-electron chi connectivity index (χ0n) is 9.89. The first-order valence-electron chi connectivity index (χ1n) is 6.43. The molecule has 88 valence electrons. The van der Waals surface area contributed by atoms with E-state index in [-0.39, 0.29) is 0 Å². The van der Waals surface area contributed by atoms with Gasteiger partial charge in [-0.15, -0.1) is 0 Å². The van der Waals surface area contributed by atoms with E-state index < -0.39 is 0 Å². The van der Waals surface area contributed by atoms with Crippen molar-refractivity contribution in [1.82, 2.24) is 10.3 Å². The van der Waals surface area contributed by atoms with Crippen LogP contribution in [0.25, 0.3) is 0 Å². The van der Waals surface area contributed by atoms with Gasteiger partial charge < -0.3 is 5.32 Å². The predicted molar refractivity (Wildman–Crippen MR) is 65.0 cm³/mol. The van der Waals surface area contributed by atoms with Gasteiger partial charge in [-0.05, 0) is 48.8 Å². The fraction of sp³-hybridized carbons (Fsp3) is 0.571. The molecule has 0 amide bonds. The van der Waals surface area contributed by atoms with E-state index in [4.69, 9.17) is 5.26 Å². The van der Waals surface area contributed by atoms with Gasteiger partial charge in [0.05, 0.1) is 0 Å². The van der Waals surface area contributed by atoms with Crippen LogP contribution in [0.5, 0.6) is 0 Å². The smallest absolute Gasteiger partial charge is 0.140 e. The molecule has 2 bridgehead atoms. The molecule has 2 saturated carbocycles. The molecule has 3 unspecified atom stereocenters. The number of rotatable bonds is 3. The largest absolute Gasteiger partial charge is 0.310 e. The van der Waals surface area contributed by atoms with E-state index >= 15 is 0 Å². The van der Waals surface area contributed by atoms with E-state index in [0.29, 0.717) is 11.7 Å². The van der Waals surface area contributed by atoms with Crippen molar-refractivity contribution >= 4 is 0 Å². The van der Waals surface area contributed by atoms with Crippen LogP contribution in [0.1, 0.15) is 36.9 Å². The summed E-state index contributed by atoms with van der Waals surface area (Å²) in [5, 5.41) is 12.4. The summed E-state index contributed by atoms with van der Waals surface area (Å²) in [5.74, 6) is 1.88. The van der Waals surface area contributed by atoms with Crippen LogP contribution in [0.4, 0.5) is 0 Å². The van der Waals surface area contributed by atoms with Crippen molar-refractivity contribution in [1.29, 1.82) is 5.26 Å². The molecule has 0 radical (unpaired) electrons. The van der Waals surface area contributed by atoms with Crippen LogP contribution < -0.4 is 5.32 Å². The number of hydrogen-bond acceptors (Lipinski definition) is 3. The van der Waals surface area contributed by atoms with Crippen LogP contribution in [0, 0.1) is 23.2 Å². The third-order valence-corrected chi connectivity index (χ3v) is 4.25. The minimum absolute atomic E-state index is 0.511. The van der Waals surface area contributed by atoms with Crippen molar-refractivity contribution in [2.75, 3.05) is 0 Å². The van der Waals surface area contributed by atoms with Gasteiger partial charge in [0.1, 0.15) is 11.8 Å². The number of hydrogen-bond donors (Lipinski definition) is 1. The van der Waals surface area contributed by atoms with Gasteiger partial charge in [-0.1, -0.05) is 6.42 Å². The summed E-state index contributed by atoms with van der Waals surface area (Å²) in [6.07, 6.45) is 7.34. The lowest BCUT2D eigenvalue weighted by Crippen LogP contribution is -2.33. The monoisotopic (exact) mass is 227 g/mol. The molecule has 1 aromatic rings. The van der Waals surface area contributed by atoms with Crippen molar-refractivity contribution in [3.63, 3.8) is 0 Å². The minimum atomic E-state index is 0.511. The van der Waals surface area contributed by atoms with Gasteiger partial charge >= 0.3 is 0 Å². The van der Waals surface area contributed by atoms with Crippen molar-refractivity contribution < 1.29 is 0 Å². The lowest BCUT2D eigenvalue weighted by Gasteiger charge is -2.22. The zero-order chi connectivity index (χ0) is 11.7. The number of nitrogens with one attached hydrogen (secondary N) is 1. The molecule has 0 spiro atoms. The number of nitriles is 1. The summed E-state index contributed by atoms with van der Waals surface area (Å²) in [4.78, 5) is 3.99. The number of aromatic nitrogens is 1. The van der Waals surface area contributed by atoms with E-state index in [2.05, 4.69) is 16.4 Å². The first-order valence-corrected chi connectivity index (χ1v) is 6.43. The van der Waals surface area contributed by atoms with Gasteiger partial charge in [-0.2, -0.15) is 5.26 Å². The number of pyridine rings is 1. The third-order valence-electron chi connectivity index (χ3n) is 4.25. The molecule has 3 atom stereocenters.